The zero-order valence-corrected chi connectivity index (χ0v) is 11.0. The molecule has 1 aromatic carbocycles. The highest BCUT2D eigenvalue weighted by molar-refractivity contribution is 7.89. The van der Waals surface area contributed by atoms with Crippen molar-refractivity contribution in [1.82, 2.24) is 10.0 Å². The molecule has 0 saturated carbocycles. The van der Waals surface area contributed by atoms with Crippen molar-refractivity contribution in [2.75, 3.05) is 13.1 Å². The van der Waals surface area contributed by atoms with E-state index < -0.39 is 14.9 Å². The van der Waals surface area contributed by atoms with Crippen LogP contribution in [-0.4, -0.2) is 32.5 Å². The molecule has 0 bridgehead atoms. The number of nitro groups is 1. The van der Waals surface area contributed by atoms with E-state index in [0.29, 0.717) is 6.54 Å². The summed E-state index contributed by atoms with van der Waals surface area (Å²) in [7, 11) is -3.71. The Hall–Kier alpha value is -1.51. The van der Waals surface area contributed by atoms with Gasteiger partial charge in [-0.25, -0.2) is 13.1 Å². The van der Waals surface area contributed by atoms with Gasteiger partial charge < -0.3 is 5.32 Å². The van der Waals surface area contributed by atoms with Gasteiger partial charge in [0.1, 0.15) is 0 Å². The number of nitrogens with zero attached hydrogens (tertiary/aromatic N) is 1. The third kappa shape index (κ3) is 3.49. The first-order valence-electron chi connectivity index (χ1n) is 5.96. The molecule has 8 heteroatoms. The Kier molecular flexibility index (Phi) is 4.13. The number of non-ortho nitro benzene ring substituents is 1. The third-order valence-electron chi connectivity index (χ3n) is 2.96. The summed E-state index contributed by atoms with van der Waals surface area (Å²) in [6, 6.07) is 4.88. The predicted octanol–water partition coefficient (Wildman–Crippen LogP) is 0.625. The fraction of sp³-hybridized carbons (Fsp3) is 0.455. The lowest BCUT2D eigenvalue weighted by Gasteiger charge is -2.23. The summed E-state index contributed by atoms with van der Waals surface area (Å²) >= 11 is 0. The molecule has 0 radical (unpaired) electrons. The minimum atomic E-state index is -3.71. The summed E-state index contributed by atoms with van der Waals surface area (Å²) < 4.78 is 26.8. The molecule has 0 aliphatic carbocycles. The number of sulfonamides is 1. The summed E-state index contributed by atoms with van der Waals surface area (Å²) in [4.78, 5) is 9.96. The summed E-state index contributed by atoms with van der Waals surface area (Å²) in [6.45, 7) is 1.46. The van der Waals surface area contributed by atoms with Crippen LogP contribution in [0, 0.1) is 10.1 Å². The van der Waals surface area contributed by atoms with Crippen LogP contribution in [0.1, 0.15) is 12.8 Å². The van der Waals surface area contributed by atoms with Gasteiger partial charge in [-0.3, -0.25) is 10.1 Å². The van der Waals surface area contributed by atoms with E-state index >= 15 is 0 Å². The largest absolute Gasteiger partial charge is 0.315 e. The maximum atomic E-state index is 12.1. The van der Waals surface area contributed by atoms with Crippen LogP contribution in [-0.2, 0) is 10.0 Å². The molecule has 0 spiro atoms. The first-order valence-corrected chi connectivity index (χ1v) is 7.45. The Morgan fingerprint density at radius 2 is 2.21 bits per heavy atom. The molecule has 1 saturated heterocycles. The number of nitrogens with one attached hydrogen (secondary N) is 2. The summed E-state index contributed by atoms with van der Waals surface area (Å²) in [5, 5.41) is 13.8. The number of nitro benzene ring substituents is 1. The van der Waals surface area contributed by atoms with Crippen LogP contribution in [0.4, 0.5) is 5.69 Å². The molecule has 104 valence electrons. The van der Waals surface area contributed by atoms with E-state index in [1.54, 1.807) is 0 Å². The highest BCUT2D eigenvalue weighted by Gasteiger charge is 2.23. The number of piperidine rings is 1. The van der Waals surface area contributed by atoms with Crippen LogP contribution in [0.3, 0.4) is 0 Å². The van der Waals surface area contributed by atoms with Crippen molar-refractivity contribution in [3.05, 3.63) is 34.4 Å². The molecule has 7 nitrogen and oxygen atoms in total. The first kappa shape index (κ1) is 13.9. The Morgan fingerprint density at radius 1 is 1.42 bits per heavy atom. The average Bonchev–Trinajstić information content (AvgIpc) is 2.39. The monoisotopic (exact) mass is 285 g/mol. The van der Waals surface area contributed by atoms with Gasteiger partial charge in [-0.2, -0.15) is 0 Å². The smallest absolute Gasteiger partial charge is 0.270 e. The molecule has 19 heavy (non-hydrogen) atoms. The van der Waals surface area contributed by atoms with Crippen molar-refractivity contribution in [3.8, 4) is 0 Å². The molecule has 1 fully saturated rings. The Bertz CT molecular complexity index is 567. The normalized spacial score (nSPS) is 20.1. The van der Waals surface area contributed by atoms with E-state index in [0.717, 1.165) is 25.5 Å². The van der Waals surface area contributed by atoms with Gasteiger partial charge in [0.05, 0.1) is 9.82 Å². The SMILES string of the molecule is O=[N+]([O-])c1cccc(S(=O)(=O)NC2CCCNC2)c1. The minimum Gasteiger partial charge on any atom is -0.315 e. The molecule has 1 heterocycles. The van der Waals surface area contributed by atoms with Crippen molar-refractivity contribution in [2.45, 2.75) is 23.8 Å². The molecule has 1 atom stereocenters. The zero-order valence-electron chi connectivity index (χ0n) is 10.2. The molecule has 0 aromatic heterocycles. The number of benzene rings is 1. The van der Waals surface area contributed by atoms with Gasteiger partial charge in [0.15, 0.2) is 0 Å². The first-order chi connectivity index (χ1) is 8.99. The second-order valence-corrected chi connectivity index (χ2v) is 6.13. The van der Waals surface area contributed by atoms with E-state index in [2.05, 4.69) is 10.0 Å². The molecule has 2 N–H and O–H groups in total. The lowest BCUT2D eigenvalue weighted by Crippen LogP contribution is -2.45. The maximum absolute atomic E-state index is 12.1. The molecule has 2 rings (SSSR count). The molecular formula is C11H15N3O4S. The summed E-state index contributed by atoms with van der Waals surface area (Å²) in [5.74, 6) is 0. The van der Waals surface area contributed by atoms with Gasteiger partial charge in [0.2, 0.25) is 10.0 Å². The van der Waals surface area contributed by atoms with Crippen LogP contribution >= 0.6 is 0 Å². The molecule has 1 aliphatic rings. The Labute approximate surface area is 111 Å². The van der Waals surface area contributed by atoms with Gasteiger partial charge in [-0.05, 0) is 25.5 Å². The van der Waals surface area contributed by atoms with Crippen molar-refractivity contribution in [1.29, 1.82) is 0 Å². The predicted molar refractivity (Wildman–Crippen MR) is 69.3 cm³/mol. The molecule has 1 unspecified atom stereocenters. The van der Waals surface area contributed by atoms with E-state index in [1.165, 1.54) is 18.2 Å². The molecular weight excluding hydrogens is 270 g/mol. The van der Waals surface area contributed by atoms with E-state index in [1.807, 2.05) is 0 Å². The lowest BCUT2D eigenvalue weighted by molar-refractivity contribution is -0.385. The van der Waals surface area contributed by atoms with E-state index in [-0.39, 0.29) is 16.6 Å². The van der Waals surface area contributed by atoms with Gasteiger partial charge in [-0.1, -0.05) is 6.07 Å². The van der Waals surface area contributed by atoms with Crippen LogP contribution in [0.15, 0.2) is 29.2 Å². The van der Waals surface area contributed by atoms with Crippen molar-refractivity contribution in [3.63, 3.8) is 0 Å². The van der Waals surface area contributed by atoms with Crippen LogP contribution < -0.4 is 10.0 Å². The van der Waals surface area contributed by atoms with Gasteiger partial charge in [-0.15, -0.1) is 0 Å². The van der Waals surface area contributed by atoms with Gasteiger partial charge >= 0.3 is 0 Å². The highest BCUT2D eigenvalue weighted by Crippen LogP contribution is 2.18. The van der Waals surface area contributed by atoms with Crippen molar-refractivity contribution < 1.29 is 13.3 Å². The Morgan fingerprint density at radius 3 is 2.84 bits per heavy atom. The highest BCUT2D eigenvalue weighted by atomic mass is 32.2. The second kappa shape index (κ2) is 5.64. The van der Waals surface area contributed by atoms with Gasteiger partial charge in [0, 0.05) is 24.7 Å². The molecule has 1 aromatic rings. The maximum Gasteiger partial charge on any atom is 0.270 e. The summed E-state index contributed by atoms with van der Waals surface area (Å²) in [6.07, 6.45) is 1.67. The minimum absolute atomic E-state index is 0.0766. The number of hydrogen-bond donors (Lipinski definition) is 2. The topological polar surface area (TPSA) is 101 Å². The van der Waals surface area contributed by atoms with Gasteiger partial charge in [0.25, 0.3) is 5.69 Å². The number of rotatable bonds is 4. The Balaban J connectivity index is 2.18. The average molecular weight is 285 g/mol. The third-order valence-corrected chi connectivity index (χ3v) is 4.48. The van der Waals surface area contributed by atoms with Crippen LogP contribution in [0.5, 0.6) is 0 Å². The zero-order chi connectivity index (χ0) is 13.9. The second-order valence-electron chi connectivity index (χ2n) is 4.42. The summed E-state index contributed by atoms with van der Waals surface area (Å²) in [5.41, 5.74) is -0.232. The van der Waals surface area contributed by atoms with Crippen molar-refractivity contribution >= 4 is 15.7 Å². The lowest BCUT2D eigenvalue weighted by atomic mass is 10.1. The van der Waals surface area contributed by atoms with Crippen molar-refractivity contribution in [2.24, 2.45) is 0 Å². The quantitative estimate of drug-likeness (QED) is 0.624. The standard InChI is InChI=1S/C11H15N3O4S/c15-14(16)10-4-1-5-11(7-10)19(17,18)13-9-3-2-6-12-8-9/h1,4-5,7,9,12-13H,2-3,6,8H2. The fourth-order valence-electron chi connectivity index (χ4n) is 2.00. The number of hydrogen-bond acceptors (Lipinski definition) is 5. The van der Waals surface area contributed by atoms with Crippen LogP contribution in [0.2, 0.25) is 0 Å². The van der Waals surface area contributed by atoms with E-state index in [4.69, 9.17) is 0 Å². The van der Waals surface area contributed by atoms with Crippen LogP contribution in [0.25, 0.3) is 0 Å². The fourth-order valence-corrected chi connectivity index (χ4v) is 3.31. The van der Waals surface area contributed by atoms with E-state index in [9.17, 15) is 18.5 Å². The molecule has 1 aliphatic heterocycles. The molecule has 0 amide bonds.